The number of hydrogen-bond acceptors (Lipinski definition) is 1. The lowest BCUT2D eigenvalue weighted by Gasteiger charge is -2.37. The zero-order valence-corrected chi connectivity index (χ0v) is 13.5. The van der Waals surface area contributed by atoms with E-state index in [1.54, 1.807) is 6.92 Å². The van der Waals surface area contributed by atoms with Gasteiger partial charge in [-0.1, -0.05) is 33.3 Å². The summed E-state index contributed by atoms with van der Waals surface area (Å²) in [5, 5.41) is 3.33. The third-order valence-electron chi connectivity index (χ3n) is 5.16. The van der Waals surface area contributed by atoms with Crippen LogP contribution in [0.15, 0.2) is 12.1 Å². The average molecular weight is 295 g/mol. The van der Waals surface area contributed by atoms with Crippen molar-refractivity contribution in [2.75, 3.05) is 6.54 Å². The van der Waals surface area contributed by atoms with Crippen LogP contribution in [0.3, 0.4) is 0 Å². The molecule has 1 N–H and O–H groups in total. The lowest BCUT2D eigenvalue weighted by molar-refractivity contribution is 0.168. The van der Waals surface area contributed by atoms with Crippen LogP contribution in [0.1, 0.15) is 57.2 Å². The molecule has 0 bridgehead atoms. The number of aryl methyl sites for hydroxylation is 1. The lowest BCUT2D eigenvalue weighted by atomic mass is 9.72. The molecule has 118 valence electrons. The Hall–Kier alpha value is -0.960. The zero-order valence-electron chi connectivity index (χ0n) is 13.5. The molecule has 0 heterocycles. The van der Waals surface area contributed by atoms with E-state index in [9.17, 15) is 8.78 Å². The van der Waals surface area contributed by atoms with Gasteiger partial charge in [0.05, 0.1) is 0 Å². The van der Waals surface area contributed by atoms with Gasteiger partial charge in [-0.3, -0.25) is 0 Å². The molecule has 0 spiro atoms. The first-order chi connectivity index (χ1) is 9.95. The Morgan fingerprint density at radius 3 is 2.52 bits per heavy atom. The number of halogens is 2. The van der Waals surface area contributed by atoms with Crippen LogP contribution in [0.2, 0.25) is 0 Å². The molecule has 1 fully saturated rings. The van der Waals surface area contributed by atoms with Gasteiger partial charge in [-0.25, -0.2) is 8.78 Å². The summed E-state index contributed by atoms with van der Waals surface area (Å²) in [6.07, 6.45) is 3.21. The van der Waals surface area contributed by atoms with Crippen LogP contribution < -0.4 is 5.32 Å². The normalized spacial score (nSPS) is 27.6. The highest BCUT2D eigenvalue weighted by Crippen LogP contribution is 2.41. The molecule has 0 aromatic heterocycles. The second-order valence-corrected chi connectivity index (χ2v) is 6.65. The summed E-state index contributed by atoms with van der Waals surface area (Å²) in [5.74, 6) is 0.820. The molecular weight excluding hydrogens is 268 g/mol. The number of hydrogen-bond donors (Lipinski definition) is 1. The third kappa shape index (κ3) is 3.45. The van der Waals surface area contributed by atoms with E-state index in [1.165, 1.54) is 12.1 Å². The molecule has 0 saturated heterocycles. The van der Waals surface area contributed by atoms with Crippen molar-refractivity contribution in [1.82, 2.24) is 5.32 Å². The van der Waals surface area contributed by atoms with Crippen molar-refractivity contribution in [3.63, 3.8) is 0 Å². The van der Waals surface area contributed by atoms with Gasteiger partial charge in [0.2, 0.25) is 0 Å². The van der Waals surface area contributed by atoms with Crippen molar-refractivity contribution in [2.24, 2.45) is 17.8 Å². The van der Waals surface area contributed by atoms with Crippen molar-refractivity contribution < 1.29 is 8.78 Å². The van der Waals surface area contributed by atoms with Crippen molar-refractivity contribution >= 4 is 0 Å². The van der Waals surface area contributed by atoms with E-state index >= 15 is 0 Å². The summed E-state index contributed by atoms with van der Waals surface area (Å²) in [7, 11) is 0. The predicted molar refractivity (Wildman–Crippen MR) is 83.2 cm³/mol. The fraction of sp³-hybridized carbons (Fsp3) is 0.667. The zero-order chi connectivity index (χ0) is 15.6. The highest BCUT2D eigenvalue weighted by molar-refractivity contribution is 5.30. The Morgan fingerprint density at radius 2 is 1.90 bits per heavy atom. The monoisotopic (exact) mass is 295 g/mol. The third-order valence-corrected chi connectivity index (χ3v) is 5.16. The van der Waals surface area contributed by atoms with E-state index in [0.717, 1.165) is 25.8 Å². The fourth-order valence-corrected chi connectivity index (χ4v) is 3.58. The van der Waals surface area contributed by atoms with E-state index in [0.29, 0.717) is 23.3 Å². The molecule has 2 rings (SSSR count). The Labute approximate surface area is 127 Å². The number of rotatable bonds is 4. The fourth-order valence-electron chi connectivity index (χ4n) is 3.58. The van der Waals surface area contributed by atoms with Gasteiger partial charge in [0, 0.05) is 11.6 Å². The van der Waals surface area contributed by atoms with Crippen LogP contribution in [0, 0.1) is 36.3 Å². The Bertz CT molecular complexity index is 486. The smallest absolute Gasteiger partial charge is 0.133 e. The van der Waals surface area contributed by atoms with Crippen molar-refractivity contribution in [3.8, 4) is 0 Å². The van der Waals surface area contributed by atoms with Gasteiger partial charge < -0.3 is 5.32 Å². The van der Waals surface area contributed by atoms with E-state index in [4.69, 9.17) is 0 Å². The van der Waals surface area contributed by atoms with Crippen LogP contribution in [0.4, 0.5) is 8.78 Å². The molecule has 21 heavy (non-hydrogen) atoms. The summed E-state index contributed by atoms with van der Waals surface area (Å²) in [4.78, 5) is 0. The topological polar surface area (TPSA) is 12.0 Å². The Morgan fingerprint density at radius 1 is 1.19 bits per heavy atom. The average Bonchev–Trinajstić information content (AvgIpc) is 2.45. The molecule has 0 amide bonds. The maximum absolute atomic E-state index is 14.5. The van der Waals surface area contributed by atoms with Crippen LogP contribution in [-0.2, 0) is 0 Å². The quantitative estimate of drug-likeness (QED) is 0.824. The second kappa shape index (κ2) is 6.87. The van der Waals surface area contributed by atoms with Gasteiger partial charge in [0.25, 0.3) is 0 Å². The van der Waals surface area contributed by atoms with Crippen LogP contribution in [-0.4, -0.2) is 6.54 Å². The molecule has 1 aromatic carbocycles. The van der Waals surface area contributed by atoms with Crippen molar-refractivity contribution in [2.45, 2.75) is 53.0 Å². The summed E-state index contributed by atoms with van der Waals surface area (Å²) < 4.78 is 28.7. The second-order valence-electron chi connectivity index (χ2n) is 6.65. The van der Waals surface area contributed by atoms with Crippen LogP contribution in [0.25, 0.3) is 0 Å². The first-order valence-electron chi connectivity index (χ1n) is 8.13. The summed E-state index contributed by atoms with van der Waals surface area (Å²) in [6.45, 7) is 8.94. The summed E-state index contributed by atoms with van der Waals surface area (Å²) in [5.41, 5.74) is 0.759. The largest absolute Gasteiger partial charge is 0.310 e. The minimum Gasteiger partial charge on any atom is -0.310 e. The molecule has 1 aromatic rings. The number of benzene rings is 1. The van der Waals surface area contributed by atoms with E-state index < -0.39 is 5.82 Å². The lowest BCUT2D eigenvalue weighted by Crippen LogP contribution is -2.34. The van der Waals surface area contributed by atoms with E-state index in [-0.39, 0.29) is 17.4 Å². The van der Waals surface area contributed by atoms with Gasteiger partial charge in [0.15, 0.2) is 0 Å². The first-order valence-corrected chi connectivity index (χ1v) is 8.13. The summed E-state index contributed by atoms with van der Waals surface area (Å²) in [6, 6.07) is 2.69. The molecular formula is C18H27F2N. The molecule has 4 unspecified atom stereocenters. The van der Waals surface area contributed by atoms with Gasteiger partial charge in [-0.15, -0.1) is 0 Å². The van der Waals surface area contributed by atoms with E-state index in [2.05, 4.69) is 19.2 Å². The first kappa shape index (κ1) is 16.4. The standard InChI is InChI=1S/C18H27F2N/c1-5-21-18(14-8-6-11(2)13(4)10-14)16-15(19)9-7-12(3)17(16)20/h7,9,11,13-14,18,21H,5-6,8,10H2,1-4H3. The molecule has 0 aliphatic heterocycles. The van der Waals surface area contributed by atoms with Crippen molar-refractivity contribution in [1.29, 1.82) is 0 Å². The highest BCUT2D eigenvalue weighted by atomic mass is 19.1. The van der Waals surface area contributed by atoms with Crippen LogP contribution >= 0.6 is 0 Å². The van der Waals surface area contributed by atoms with Crippen LogP contribution in [0.5, 0.6) is 0 Å². The van der Waals surface area contributed by atoms with Crippen molar-refractivity contribution in [3.05, 3.63) is 34.9 Å². The minimum atomic E-state index is -0.421. The molecule has 3 heteroatoms. The van der Waals surface area contributed by atoms with Gasteiger partial charge in [-0.2, -0.15) is 0 Å². The van der Waals surface area contributed by atoms with Gasteiger partial charge in [-0.05, 0) is 55.7 Å². The maximum atomic E-state index is 14.5. The molecule has 4 atom stereocenters. The Balaban J connectivity index is 2.33. The molecule has 1 nitrogen and oxygen atoms in total. The minimum absolute atomic E-state index is 0.218. The van der Waals surface area contributed by atoms with Gasteiger partial charge >= 0.3 is 0 Å². The summed E-state index contributed by atoms with van der Waals surface area (Å²) >= 11 is 0. The molecule has 1 aliphatic carbocycles. The predicted octanol–water partition coefficient (Wildman–Crippen LogP) is 5.00. The number of nitrogens with one attached hydrogen (secondary N) is 1. The molecule has 1 aliphatic rings. The molecule has 0 radical (unpaired) electrons. The van der Waals surface area contributed by atoms with E-state index in [1.807, 2.05) is 6.92 Å². The molecule has 1 saturated carbocycles. The highest BCUT2D eigenvalue weighted by Gasteiger charge is 2.33. The Kier molecular flexibility index (Phi) is 5.37. The SMILES string of the molecule is CCNC(c1c(F)ccc(C)c1F)C1CCC(C)C(C)C1. The van der Waals surface area contributed by atoms with Gasteiger partial charge in [0.1, 0.15) is 11.6 Å². The maximum Gasteiger partial charge on any atom is 0.133 e.